The number of hydrogen-bond acceptors (Lipinski definition) is 0. The molecule has 1 unspecified atom stereocenters. The van der Waals surface area contributed by atoms with Crippen LogP contribution in [0.15, 0.2) is 24.3 Å². The van der Waals surface area contributed by atoms with Crippen molar-refractivity contribution in [3.8, 4) is 0 Å². The second-order valence-electron chi connectivity index (χ2n) is 2.65. The minimum absolute atomic E-state index is 0.182. The fraction of sp³-hybridized carbons (Fsp3) is 0.333. The summed E-state index contributed by atoms with van der Waals surface area (Å²) in [5.41, 5.74) is 0.945. The van der Waals surface area contributed by atoms with Gasteiger partial charge in [0.05, 0.1) is 5.38 Å². The maximum Gasteiger partial charge on any atom is 0.109 e. The van der Waals surface area contributed by atoms with Crippen LogP contribution in [0, 0.1) is 0 Å². The van der Waals surface area contributed by atoms with E-state index in [9.17, 15) is 0 Å². The molecule has 13 heavy (non-hydrogen) atoms. The highest BCUT2D eigenvalue weighted by atomic mass is 35.5. The third-order valence-corrected chi connectivity index (χ3v) is 2.62. The Labute approximate surface area is 97.7 Å². The van der Waals surface area contributed by atoms with Crippen LogP contribution in [0.4, 0.5) is 0 Å². The number of alkyl halides is 3. The van der Waals surface area contributed by atoms with Gasteiger partial charge in [-0.25, -0.2) is 0 Å². The predicted octanol–water partition coefficient (Wildman–Crippen LogP) is 4.81. The minimum Gasteiger partial charge on any atom is -0.118 e. The summed E-state index contributed by atoms with van der Waals surface area (Å²) in [4.78, 5) is -0.443. The fourth-order valence-electron chi connectivity index (χ4n) is 0.994. The molecule has 0 saturated carbocycles. The molecule has 1 aromatic carbocycles. The van der Waals surface area contributed by atoms with E-state index in [-0.39, 0.29) is 5.38 Å². The first kappa shape index (κ1) is 11.5. The Hall–Kier alpha value is 0.380. The van der Waals surface area contributed by atoms with Gasteiger partial charge in [0.15, 0.2) is 0 Å². The van der Waals surface area contributed by atoms with Gasteiger partial charge in [-0.15, -0.1) is 34.8 Å². The van der Waals surface area contributed by atoms with Crippen molar-refractivity contribution in [2.24, 2.45) is 0 Å². The molecule has 0 amide bonds. The van der Waals surface area contributed by atoms with Crippen molar-refractivity contribution in [2.75, 3.05) is 0 Å². The SMILES string of the molecule is Clc1cccc(C(Cl)CC(Cl)Cl)c1. The van der Waals surface area contributed by atoms with Crippen molar-refractivity contribution >= 4 is 46.4 Å². The largest absolute Gasteiger partial charge is 0.118 e. The summed E-state index contributed by atoms with van der Waals surface area (Å²) in [6, 6.07) is 7.37. The zero-order chi connectivity index (χ0) is 9.84. The van der Waals surface area contributed by atoms with Crippen LogP contribution in [-0.2, 0) is 0 Å². The lowest BCUT2D eigenvalue weighted by Gasteiger charge is -2.09. The zero-order valence-corrected chi connectivity index (χ0v) is 9.71. The number of halogens is 4. The van der Waals surface area contributed by atoms with Gasteiger partial charge in [-0.2, -0.15) is 0 Å². The molecule has 0 aliphatic rings. The molecule has 1 rings (SSSR count). The Morgan fingerprint density at radius 2 is 1.85 bits per heavy atom. The van der Waals surface area contributed by atoms with Gasteiger partial charge in [0.25, 0.3) is 0 Å². The number of rotatable bonds is 3. The Bertz CT molecular complexity index is 272. The van der Waals surface area contributed by atoms with Gasteiger partial charge < -0.3 is 0 Å². The van der Waals surface area contributed by atoms with Crippen molar-refractivity contribution in [1.82, 2.24) is 0 Å². The summed E-state index contributed by atoms with van der Waals surface area (Å²) in [6.07, 6.45) is 0.519. The molecule has 0 heterocycles. The van der Waals surface area contributed by atoms with E-state index < -0.39 is 4.84 Å². The molecule has 72 valence electrons. The average molecular weight is 258 g/mol. The van der Waals surface area contributed by atoms with E-state index in [4.69, 9.17) is 46.4 Å². The Balaban J connectivity index is 2.71. The van der Waals surface area contributed by atoms with Crippen LogP contribution in [0.25, 0.3) is 0 Å². The molecule has 0 bridgehead atoms. The predicted molar refractivity (Wildman–Crippen MR) is 60.2 cm³/mol. The number of benzene rings is 1. The van der Waals surface area contributed by atoms with Crippen LogP contribution in [0.3, 0.4) is 0 Å². The minimum atomic E-state index is -0.443. The van der Waals surface area contributed by atoms with Crippen LogP contribution < -0.4 is 0 Å². The normalized spacial score (nSPS) is 13.3. The van der Waals surface area contributed by atoms with Crippen LogP contribution in [0.1, 0.15) is 17.4 Å². The van der Waals surface area contributed by atoms with E-state index in [0.29, 0.717) is 11.4 Å². The lowest BCUT2D eigenvalue weighted by Crippen LogP contribution is -1.96. The molecule has 0 aliphatic carbocycles. The molecule has 0 aromatic heterocycles. The van der Waals surface area contributed by atoms with Gasteiger partial charge in [-0.1, -0.05) is 23.7 Å². The molecule has 1 atom stereocenters. The van der Waals surface area contributed by atoms with Gasteiger partial charge >= 0.3 is 0 Å². The lowest BCUT2D eigenvalue weighted by atomic mass is 10.1. The summed E-state index contributed by atoms with van der Waals surface area (Å²) < 4.78 is 0. The summed E-state index contributed by atoms with van der Waals surface area (Å²) in [6.45, 7) is 0. The molecule has 0 aliphatic heterocycles. The van der Waals surface area contributed by atoms with Crippen LogP contribution in [0.2, 0.25) is 5.02 Å². The Morgan fingerprint density at radius 1 is 1.15 bits per heavy atom. The second-order valence-corrected chi connectivity index (χ2v) is 4.89. The zero-order valence-electron chi connectivity index (χ0n) is 6.68. The second kappa shape index (κ2) is 5.31. The molecule has 0 saturated heterocycles. The third-order valence-electron chi connectivity index (χ3n) is 1.60. The van der Waals surface area contributed by atoms with Crippen molar-refractivity contribution in [1.29, 1.82) is 0 Å². The van der Waals surface area contributed by atoms with E-state index in [1.807, 2.05) is 18.2 Å². The molecule has 0 N–H and O–H groups in total. The standard InChI is InChI=1S/C9H8Cl4/c10-7-3-1-2-6(4-7)8(11)5-9(12)13/h1-4,8-9H,5H2. The molecule has 4 heteroatoms. The highest BCUT2D eigenvalue weighted by molar-refractivity contribution is 6.44. The summed E-state index contributed by atoms with van der Waals surface area (Å²) in [5, 5.41) is 0.488. The van der Waals surface area contributed by atoms with Gasteiger partial charge in [-0.05, 0) is 24.1 Å². The monoisotopic (exact) mass is 256 g/mol. The molecular weight excluding hydrogens is 250 g/mol. The first-order chi connectivity index (χ1) is 6.09. The molecular formula is C9H8Cl4. The van der Waals surface area contributed by atoms with Gasteiger partial charge in [0, 0.05) is 5.02 Å². The van der Waals surface area contributed by atoms with E-state index in [0.717, 1.165) is 5.56 Å². The maximum atomic E-state index is 6.05. The molecule has 0 nitrogen and oxygen atoms in total. The van der Waals surface area contributed by atoms with E-state index in [1.165, 1.54) is 0 Å². The van der Waals surface area contributed by atoms with Crippen molar-refractivity contribution in [3.63, 3.8) is 0 Å². The lowest BCUT2D eigenvalue weighted by molar-refractivity contribution is 0.858. The average Bonchev–Trinajstić information content (AvgIpc) is 2.03. The fourth-order valence-corrected chi connectivity index (χ4v) is 2.05. The smallest absolute Gasteiger partial charge is 0.109 e. The highest BCUT2D eigenvalue weighted by Crippen LogP contribution is 2.29. The first-order valence-corrected chi connectivity index (χ1v) is 5.46. The van der Waals surface area contributed by atoms with E-state index >= 15 is 0 Å². The summed E-state index contributed by atoms with van der Waals surface area (Å²) >= 11 is 23.1. The first-order valence-electron chi connectivity index (χ1n) is 3.77. The van der Waals surface area contributed by atoms with Crippen LogP contribution in [0.5, 0.6) is 0 Å². The van der Waals surface area contributed by atoms with Gasteiger partial charge in [0.1, 0.15) is 4.84 Å². The molecule has 0 spiro atoms. The summed E-state index contributed by atoms with van der Waals surface area (Å²) in [7, 11) is 0. The van der Waals surface area contributed by atoms with E-state index in [2.05, 4.69) is 0 Å². The summed E-state index contributed by atoms with van der Waals surface area (Å²) in [5.74, 6) is 0. The van der Waals surface area contributed by atoms with Crippen LogP contribution >= 0.6 is 46.4 Å². The number of hydrogen-bond donors (Lipinski definition) is 0. The quantitative estimate of drug-likeness (QED) is 0.682. The molecule has 0 radical (unpaired) electrons. The third kappa shape index (κ3) is 3.95. The van der Waals surface area contributed by atoms with Crippen molar-refractivity contribution in [2.45, 2.75) is 16.6 Å². The molecule has 0 fully saturated rings. The topological polar surface area (TPSA) is 0 Å². The van der Waals surface area contributed by atoms with Crippen molar-refractivity contribution in [3.05, 3.63) is 34.9 Å². The van der Waals surface area contributed by atoms with E-state index in [1.54, 1.807) is 6.07 Å². The molecule has 1 aromatic rings. The van der Waals surface area contributed by atoms with Gasteiger partial charge in [0.2, 0.25) is 0 Å². The Morgan fingerprint density at radius 3 is 2.38 bits per heavy atom. The van der Waals surface area contributed by atoms with Gasteiger partial charge in [-0.3, -0.25) is 0 Å². The highest BCUT2D eigenvalue weighted by Gasteiger charge is 2.12. The van der Waals surface area contributed by atoms with Crippen LogP contribution in [-0.4, -0.2) is 4.84 Å². The maximum absolute atomic E-state index is 6.05. The Kier molecular flexibility index (Phi) is 4.68. The van der Waals surface area contributed by atoms with Crippen molar-refractivity contribution < 1.29 is 0 Å².